The molecule has 1 N–H and O–H groups in total. The summed E-state index contributed by atoms with van der Waals surface area (Å²) in [5.74, 6) is 1.33. The molecule has 3 aliphatic heterocycles. The molecule has 2 aromatic carbocycles. The largest absolute Gasteiger partial charge is 0.348 e. The first-order valence-corrected chi connectivity index (χ1v) is 16.4. The second-order valence-electron chi connectivity index (χ2n) is 13.8. The molecule has 2 amide bonds. The highest BCUT2D eigenvalue weighted by Gasteiger charge is 2.34. The third kappa shape index (κ3) is 7.46. The minimum absolute atomic E-state index is 0.0475. The van der Waals surface area contributed by atoms with E-state index in [-0.39, 0.29) is 29.8 Å². The van der Waals surface area contributed by atoms with Gasteiger partial charge in [-0.25, -0.2) is 0 Å². The van der Waals surface area contributed by atoms with Crippen LogP contribution in [0.25, 0.3) is 22.3 Å². The zero-order valence-electron chi connectivity index (χ0n) is 27.3. The molecule has 232 valence electrons. The highest BCUT2D eigenvalue weighted by atomic mass is 16.2. The van der Waals surface area contributed by atoms with Crippen LogP contribution in [0.3, 0.4) is 0 Å². The summed E-state index contributed by atoms with van der Waals surface area (Å²) in [5.41, 5.74) is 9.24. The number of benzene rings is 2. The molecule has 5 rings (SSSR count). The third-order valence-electron chi connectivity index (χ3n) is 8.84. The number of hydrogen-bond acceptors (Lipinski definition) is 4. The van der Waals surface area contributed by atoms with Crippen LogP contribution in [-0.2, 0) is 9.59 Å². The number of nitrogens with zero attached hydrogens (tertiary/aromatic N) is 3. The number of rotatable bonds is 11. The molecule has 0 bridgehead atoms. The van der Waals surface area contributed by atoms with E-state index in [2.05, 4.69) is 100 Å². The Morgan fingerprint density at radius 2 is 1.32 bits per heavy atom. The Morgan fingerprint density at radius 3 is 1.89 bits per heavy atom. The fourth-order valence-corrected chi connectivity index (χ4v) is 6.51. The van der Waals surface area contributed by atoms with Gasteiger partial charge in [0.05, 0.1) is 12.1 Å². The Bertz CT molecular complexity index is 1400. The van der Waals surface area contributed by atoms with Crippen LogP contribution in [0.2, 0.25) is 0 Å². The van der Waals surface area contributed by atoms with Crippen LogP contribution in [0, 0.1) is 17.8 Å². The zero-order chi connectivity index (χ0) is 31.4. The molecule has 2 atom stereocenters. The van der Waals surface area contributed by atoms with E-state index in [4.69, 9.17) is 9.98 Å². The summed E-state index contributed by atoms with van der Waals surface area (Å²) in [4.78, 5) is 36.9. The molecule has 44 heavy (non-hydrogen) atoms. The Labute approximate surface area is 263 Å². The van der Waals surface area contributed by atoms with Gasteiger partial charge in [0.2, 0.25) is 11.8 Å². The lowest BCUT2D eigenvalue weighted by atomic mass is 9.92. The normalized spacial score (nSPS) is 18.9. The number of hydrogen-bond donors (Lipinski definition) is 1. The average Bonchev–Trinajstić information content (AvgIpc) is 3.76. The first kappa shape index (κ1) is 31.6. The van der Waals surface area contributed by atoms with E-state index in [0.717, 1.165) is 49.2 Å². The van der Waals surface area contributed by atoms with Gasteiger partial charge in [0, 0.05) is 56.1 Å². The van der Waals surface area contributed by atoms with Gasteiger partial charge < -0.3 is 10.2 Å². The SMILES string of the molecule is CC(C)CC(=O)N[C@H](C1=NC=C(c2ccc(-c3ccc(C4=CN=C([C@@H]5CCCN5C(=O)CC(C)C)C4)cc3)cc2)C1)C(C)C. The standard InChI is InChI=1S/C38H48N4O2/c1-24(2)18-36(43)41-38(26(5)6)34-21-32(23-40-34)30-15-11-28(12-16-30)27-9-13-29(14-10-27)31-20-33(39-22-31)35-8-7-17-42(35)37(44)19-25(3)4/h9-16,22-26,35,38H,7-8,17-21H2,1-6H3,(H,41,43)/t35-,38-/m0/s1. The van der Waals surface area contributed by atoms with Crippen LogP contribution in [0.1, 0.15) is 91.2 Å². The number of carbonyl (C=O) groups is 2. The van der Waals surface area contributed by atoms with Crippen molar-refractivity contribution in [2.75, 3.05) is 6.54 Å². The summed E-state index contributed by atoms with van der Waals surface area (Å²) >= 11 is 0. The molecule has 0 aromatic heterocycles. The quantitative estimate of drug-likeness (QED) is 0.288. The van der Waals surface area contributed by atoms with Gasteiger partial charge in [-0.3, -0.25) is 19.6 Å². The van der Waals surface area contributed by atoms with Crippen LogP contribution in [0.4, 0.5) is 0 Å². The van der Waals surface area contributed by atoms with E-state index >= 15 is 0 Å². The minimum atomic E-state index is -0.0475. The molecule has 3 heterocycles. The van der Waals surface area contributed by atoms with Gasteiger partial charge in [-0.2, -0.15) is 0 Å². The highest BCUT2D eigenvalue weighted by molar-refractivity contribution is 6.04. The van der Waals surface area contributed by atoms with Crippen LogP contribution < -0.4 is 5.32 Å². The number of allylic oxidation sites excluding steroid dienone is 2. The number of aliphatic imine (C=N–C) groups is 2. The van der Waals surface area contributed by atoms with Crippen LogP contribution in [-0.4, -0.2) is 46.8 Å². The smallest absolute Gasteiger partial charge is 0.223 e. The van der Waals surface area contributed by atoms with Crippen molar-refractivity contribution in [1.82, 2.24) is 10.2 Å². The third-order valence-corrected chi connectivity index (χ3v) is 8.84. The van der Waals surface area contributed by atoms with Crippen molar-refractivity contribution in [3.63, 3.8) is 0 Å². The molecule has 1 fully saturated rings. The van der Waals surface area contributed by atoms with Gasteiger partial charge in [-0.1, -0.05) is 90.1 Å². The van der Waals surface area contributed by atoms with Crippen molar-refractivity contribution < 1.29 is 9.59 Å². The number of carbonyl (C=O) groups excluding carboxylic acids is 2. The van der Waals surface area contributed by atoms with Crippen molar-refractivity contribution in [2.45, 2.75) is 92.2 Å². The molecule has 0 unspecified atom stereocenters. The molecule has 6 nitrogen and oxygen atoms in total. The molecule has 0 aliphatic carbocycles. The van der Waals surface area contributed by atoms with Crippen molar-refractivity contribution in [3.8, 4) is 11.1 Å². The molecule has 0 radical (unpaired) electrons. The van der Waals surface area contributed by atoms with E-state index in [1.54, 1.807) is 0 Å². The fourth-order valence-electron chi connectivity index (χ4n) is 6.51. The Morgan fingerprint density at radius 1 is 0.773 bits per heavy atom. The van der Waals surface area contributed by atoms with Gasteiger partial charge in [-0.15, -0.1) is 0 Å². The van der Waals surface area contributed by atoms with Crippen LogP contribution in [0.15, 0.2) is 70.9 Å². The van der Waals surface area contributed by atoms with Crippen LogP contribution >= 0.6 is 0 Å². The summed E-state index contributed by atoms with van der Waals surface area (Å²) in [6.07, 6.45) is 8.72. The summed E-state index contributed by atoms with van der Waals surface area (Å²) in [7, 11) is 0. The van der Waals surface area contributed by atoms with Crippen LogP contribution in [0.5, 0.6) is 0 Å². The lowest BCUT2D eigenvalue weighted by molar-refractivity contribution is -0.131. The lowest BCUT2D eigenvalue weighted by Crippen LogP contribution is -2.44. The predicted octanol–water partition coefficient (Wildman–Crippen LogP) is 7.95. The molecule has 3 aliphatic rings. The molecule has 0 spiro atoms. The van der Waals surface area contributed by atoms with Gasteiger partial charge in [0.1, 0.15) is 0 Å². The second kappa shape index (κ2) is 13.9. The first-order chi connectivity index (χ1) is 21.1. The van der Waals surface area contributed by atoms with E-state index in [1.165, 1.54) is 27.8 Å². The van der Waals surface area contributed by atoms with E-state index in [0.29, 0.717) is 24.7 Å². The summed E-state index contributed by atoms with van der Waals surface area (Å²) in [6.45, 7) is 13.5. The highest BCUT2D eigenvalue weighted by Crippen LogP contribution is 2.33. The summed E-state index contributed by atoms with van der Waals surface area (Å²) in [5, 5.41) is 3.22. The second-order valence-corrected chi connectivity index (χ2v) is 13.8. The fraction of sp³-hybridized carbons (Fsp3) is 0.474. The molecule has 2 aromatic rings. The summed E-state index contributed by atoms with van der Waals surface area (Å²) < 4.78 is 0. The Kier molecular flexibility index (Phi) is 9.97. The Balaban J connectivity index is 1.17. The van der Waals surface area contributed by atoms with Crippen molar-refractivity contribution in [1.29, 1.82) is 0 Å². The van der Waals surface area contributed by atoms with Gasteiger partial charge >= 0.3 is 0 Å². The maximum atomic E-state index is 12.8. The number of amides is 2. The lowest BCUT2D eigenvalue weighted by Gasteiger charge is -2.26. The molecular formula is C38H48N4O2. The predicted molar refractivity (Wildman–Crippen MR) is 182 cm³/mol. The molecular weight excluding hydrogens is 544 g/mol. The monoisotopic (exact) mass is 592 g/mol. The van der Waals surface area contributed by atoms with Crippen molar-refractivity contribution in [3.05, 3.63) is 72.1 Å². The van der Waals surface area contributed by atoms with E-state index < -0.39 is 0 Å². The minimum Gasteiger partial charge on any atom is -0.348 e. The Hall–Kier alpha value is -3.80. The molecule has 6 heteroatoms. The van der Waals surface area contributed by atoms with Crippen molar-refractivity contribution in [2.24, 2.45) is 27.7 Å². The average molecular weight is 593 g/mol. The zero-order valence-corrected chi connectivity index (χ0v) is 27.3. The van der Waals surface area contributed by atoms with Gasteiger partial charge in [0.15, 0.2) is 0 Å². The topological polar surface area (TPSA) is 74.1 Å². The van der Waals surface area contributed by atoms with Crippen molar-refractivity contribution >= 4 is 34.4 Å². The van der Waals surface area contributed by atoms with Gasteiger partial charge in [0.25, 0.3) is 0 Å². The number of likely N-dealkylation sites (tertiary alicyclic amines) is 1. The maximum absolute atomic E-state index is 12.8. The number of nitrogens with one attached hydrogen (secondary N) is 1. The maximum Gasteiger partial charge on any atom is 0.223 e. The molecule has 1 saturated heterocycles. The summed E-state index contributed by atoms with van der Waals surface area (Å²) in [6, 6.07) is 17.5. The van der Waals surface area contributed by atoms with Gasteiger partial charge in [-0.05, 0) is 64.0 Å². The molecule has 0 saturated carbocycles. The first-order valence-electron chi connectivity index (χ1n) is 16.4. The van der Waals surface area contributed by atoms with E-state index in [9.17, 15) is 9.59 Å². The van der Waals surface area contributed by atoms with E-state index in [1.807, 2.05) is 12.4 Å².